The summed E-state index contributed by atoms with van der Waals surface area (Å²) in [5, 5.41) is 28.4. The molecular weight excluding hydrogens is 422 g/mol. The van der Waals surface area contributed by atoms with E-state index >= 15 is 0 Å². The third-order valence-electron chi connectivity index (χ3n) is 4.80. The van der Waals surface area contributed by atoms with Crippen LogP contribution in [0.3, 0.4) is 0 Å². The number of carbonyl (C=O) groups is 1. The number of aromatic nitrogens is 2. The van der Waals surface area contributed by atoms with Gasteiger partial charge < -0.3 is 14.9 Å². The number of anilines is 1. The summed E-state index contributed by atoms with van der Waals surface area (Å²) in [6.07, 6.45) is 0.780. The van der Waals surface area contributed by atoms with Crippen LogP contribution in [0.2, 0.25) is 0 Å². The molecule has 154 valence electrons. The van der Waals surface area contributed by atoms with Crippen molar-refractivity contribution in [1.29, 1.82) is 5.26 Å². The second-order valence-corrected chi connectivity index (χ2v) is 8.96. The molecule has 0 radical (unpaired) electrons. The number of nitrogens with one attached hydrogen (secondary N) is 1. The second-order valence-electron chi connectivity index (χ2n) is 6.89. The number of hydrogen-bond donors (Lipinski definition) is 1. The van der Waals surface area contributed by atoms with Gasteiger partial charge >= 0.3 is 0 Å². The number of thiophene rings is 1. The summed E-state index contributed by atoms with van der Waals surface area (Å²) in [6, 6.07) is 12.5. The van der Waals surface area contributed by atoms with Crippen LogP contribution >= 0.6 is 23.1 Å². The van der Waals surface area contributed by atoms with E-state index in [1.54, 1.807) is 7.05 Å². The predicted molar refractivity (Wildman–Crippen MR) is 110 cm³/mol. The fourth-order valence-corrected chi connectivity index (χ4v) is 5.37. The normalized spacial score (nSPS) is 13.6. The molecule has 0 unspecified atom stereocenters. The molecule has 0 atom stereocenters. The minimum Gasteiger partial charge on any atom is -0.538 e. The van der Waals surface area contributed by atoms with Crippen molar-refractivity contribution in [3.63, 3.8) is 0 Å². The first-order valence-corrected chi connectivity index (χ1v) is 11.1. The molecule has 0 spiro atoms. The van der Waals surface area contributed by atoms with E-state index in [1.807, 2.05) is 18.2 Å². The van der Waals surface area contributed by atoms with Gasteiger partial charge in [0.15, 0.2) is 13.0 Å². The summed E-state index contributed by atoms with van der Waals surface area (Å²) in [4.78, 5) is 15.9. The zero-order chi connectivity index (χ0) is 21.1. The Kier molecular flexibility index (Phi) is 6.03. The molecule has 0 bridgehead atoms. The minimum absolute atomic E-state index is 0.0257. The summed E-state index contributed by atoms with van der Waals surface area (Å²) >= 11 is 2.51. The van der Waals surface area contributed by atoms with Crippen molar-refractivity contribution in [3.8, 4) is 12.0 Å². The number of benzene rings is 1. The van der Waals surface area contributed by atoms with Gasteiger partial charge in [0.2, 0.25) is 5.91 Å². The predicted octanol–water partition coefficient (Wildman–Crippen LogP) is 1.79. The van der Waals surface area contributed by atoms with Gasteiger partial charge in [-0.05, 0) is 29.3 Å². The molecule has 1 aromatic carbocycles. The Hall–Kier alpha value is -2.87. The van der Waals surface area contributed by atoms with Crippen LogP contribution in [0.15, 0.2) is 39.9 Å². The van der Waals surface area contributed by atoms with Crippen LogP contribution in [0, 0.1) is 11.3 Å². The lowest BCUT2D eigenvalue weighted by Gasteiger charge is -2.26. The molecule has 3 aromatic rings. The highest BCUT2D eigenvalue weighted by Crippen LogP contribution is 2.37. The molecule has 0 fully saturated rings. The Labute approximate surface area is 181 Å². The first-order valence-electron chi connectivity index (χ1n) is 9.31. The second kappa shape index (κ2) is 8.87. The van der Waals surface area contributed by atoms with Crippen LogP contribution in [0.5, 0.6) is 5.95 Å². The Bertz CT molecular complexity index is 1080. The first-order chi connectivity index (χ1) is 14.5. The van der Waals surface area contributed by atoms with E-state index in [-0.39, 0.29) is 16.7 Å². The molecule has 1 amide bonds. The largest absolute Gasteiger partial charge is 0.538 e. The topological polar surface area (TPSA) is 109 Å². The minimum atomic E-state index is -0.571. The maximum absolute atomic E-state index is 12.4. The van der Waals surface area contributed by atoms with Crippen molar-refractivity contribution >= 4 is 34.0 Å². The summed E-state index contributed by atoms with van der Waals surface area (Å²) in [7, 11) is 1.58. The van der Waals surface area contributed by atoms with Crippen molar-refractivity contribution in [2.24, 2.45) is 7.05 Å². The number of nitriles is 1. The Balaban J connectivity index is 1.42. The van der Waals surface area contributed by atoms with E-state index in [0.29, 0.717) is 10.6 Å². The molecule has 30 heavy (non-hydrogen) atoms. The van der Waals surface area contributed by atoms with Gasteiger partial charge in [-0.3, -0.25) is 9.69 Å². The number of aryl methyl sites for hydroxylation is 1. The Morgan fingerprint density at radius 2 is 2.27 bits per heavy atom. The number of thioether (sulfide) groups is 1. The van der Waals surface area contributed by atoms with Gasteiger partial charge in [0.1, 0.15) is 11.1 Å². The quantitative estimate of drug-likeness (QED) is 0.459. The molecule has 1 N–H and O–H groups in total. The molecule has 0 saturated carbocycles. The highest BCUT2D eigenvalue weighted by Gasteiger charge is 2.25. The zero-order valence-corrected chi connectivity index (χ0v) is 17.9. The Morgan fingerprint density at radius 1 is 1.47 bits per heavy atom. The number of amides is 1. The zero-order valence-electron chi connectivity index (χ0n) is 16.3. The summed E-state index contributed by atoms with van der Waals surface area (Å²) in [5.74, 6) is -0.826. The fraction of sp³-hybridized carbons (Fsp3) is 0.300. The van der Waals surface area contributed by atoms with Crippen LogP contribution < -0.4 is 15.1 Å². The van der Waals surface area contributed by atoms with E-state index in [0.717, 1.165) is 48.3 Å². The summed E-state index contributed by atoms with van der Waals surface area (Å²) in [5.41, 5.74) is 2.83. The lowest BCUT2D eigenvalue weighted by molar-refractivity contribution is -0.772. The Morgan fingerprint density at radius 3 is 2.97 bits per heavy atom. The third kappa shape index (κ3) is 4.33. The van der Waals surface area contributed by atoms with Gasteiger partial charge in [0, 0.05) is 24.5 Å². The lowest BCUT2D eigenvalue weighted by atomic mass is 10.0. The van der Waals surface area contributed by atoms with E-state index in [2.05, 4.69) is 38.2 Å². The number of carbonyl (C=O) groups excluding carboxylic acids is 1. The number of rotatable bonds is 6. The molecular formula is C20H19N5O3S2. The van der Waals surface area contributed by atoms with Crippen molar-refractivity contribution < 1.29 is 19.1 Å². The van der Waals surface area contributed by atoms with Crippen molar-refractivity contribution in [2.45, 2.75) is 24.5 Å². The summed E-state index contributed by atoms with van der Waals surface area (Å²) < 4.78 is 5.85. The molecule has 10 heteroatoms. The maximum Gasteiger partial charge on any atom is 0.291 e. The molecule has 0 aliphatic carbocycles. The molecule has 2 aromatic heterocycles. The number of fused-ring (bicyclic) bond motifs is 1. The number of hydrogen-bond acceptors (Lipinski definition) is 8. The third-order valence-corrected chi connectivity index (χ3v) is 7.05. The number of nitrogens with zero attached hydrogens (tertiary/aromatic N) is 4. The molecule has 1 aliphatic heterocycles. The van der Waals surface area contributed by atoms with E-state index in [9.17, 15) is 15.2 Å². The first kappa shape index (κ1) is 20.4. The molecule has 8 nitrogen and oxygen atoms in total. The molecule has 0 saturated heterocycles. The van der Waals surface area contributed by atoms with Crippen LogP contribution in [0.25, 0.3) is 0 Å². The van der Waals surface area contributed by atoms with Crippen LogP contribution in [0.1, 0.15) is 21.6 Å². The van der Waals surface area contributed by atoms with Gasteiger partial charge in [-0.25, -0.2) is 0 Å². The van der Waals surface area contributed by atoms with Crippen LogP contribution in [-0.4, -0.2) is 28.4 Å². The SMILES string of the molecule is C[n+]1noc([O-])c1SCC(=O)Nc1sc2c(c1C#N)CCN(Cc1ccccc1)C2. The van der Waals surface area contributed by atoms with Gasteiger partial charge in [-0.2, -0.15) is 5.26 Å². The molecule has 1 aliphatic rings. The standard InChI is InChI=1S/C20H19N5O3S2/c1-24-19(20(27)28-23-24)29-12-17(26)22-18-15(9-21)14-7-8-25(11-16(14)30-18)10-13-5-3-2-4-6-13/h2-6H,7-8,10-12H2,1H3,(H-,22,23,26,27). The van der Waals surface area contributed by atoms with Crippen LogP contribution in [0.4, 0.5) is 5.00 Å². The molecule has 4 rings (SSSR count). The maximum atomic E-state index is 12.4. The van der Waals surface area contributed by atoms with E-state index in [1.165, 1.54) is 21.6 Å². The van der Waals surface area contributed by atoms with Gasteiger partial charge in [-0.15, -0.1) is 11.3 Å². The van der Waals surface area contributed by atoms with Crippen molar-refractivity contribution in [1.82, 2.24) is 10.2 Å². The van der Waals surface area contributed by atoms with Gasteiger partial charge in [-0.1, -0.05) is 35.0 Å². The highest BCUT2D eigenvalue weighted by molar-refractivity contribution is 7.99. The molecule has 3 heterocycles. The lowest BCUT2D eigenvalue weighted by Crippen LogP contribution is -2.32. The van der Waals surface area contributed by atoms with Crippen LogP contribution in [-0.2, 0) is 31.4 Å². The van der Waals surface area contributed by atoms with E-state index < -0.39 is 5.95 Å². The fourth-order valence-electron chi connectivity index (χ4n) is 3.39. The monoisotopic (exact) mass is 441 g/mol. The average molecular weight is 442 g/mol. The van der Waals surface area contributed by atoms with Gasteiger partial charge in [0.25, 0.3) is 5.03 Å². The smallest absolute Gasteiger partial charge is 0.291 e. The van der Waals surface area contributed by atoms with Gasteiger partial charge in [0.05, 0.1) is 16.6 Å². The summed E-state index contributed by atoms with van der Waals surface area (Å²) in [6.45, 7) is 2.47. The van der Waals surface area contributed by atoms with Crippen molar-refractivity contribution in [3.05, 3.63) is 51.9 Å². The van der Waals surface area contributed by atoms with Crippen molar-refractivity contribution in [2.75, 3.05) is 17.6 Å². The van der Waals surface area contributed by atoms with E-state index in [4.69, 9.17) is 0 Å². The average Bonchev–Trinajstić information content (AvgIpc) is 3.25. The highest BCUT2D eigenvalue weighted by atomic mass is 32.2.